The highest BCUT2D eigenvalue weighted by molar-refractivity contribution is 9.10. The summed E-state index contributed by atoms with van der Waals surface area (Å²) in [6.07, 6.45) is 3.92. The number of nitrogens with one attached hydrogen (secondary N) is 1. The molecule has 1 aliphatic carbocycles. The molecular weight excluding hydrogens is 314 g/mol. The van der Waals surface area contributed by atoms with Gasteiger partial charge in [0.1, 0.15) is 0 Å². The number of carbonyl (C=O) groups is 1. The van der Waals surface area contributed by atoms with Crippen LogP contribution in [0.15, 0.2) is 28.7 Å². The third-order valence-electron chi connectivity index (χ3n) is 4.03. The zero-order chi connectivity index (χ0) is 14.8. The summed E-state index contributed by atoms with van der Waals surface area (Å²) in [5, 5.41) is 3.22. The third-order valence-corrected chi connectivity index (χ3v) is 4.56. The van der Waals surface area contributed by atoms with Gasteiger partial charge in [-0.2, -0.15) is 0 Å². The van der Waals surface area contributed by atoms with E-state index in [9.17, 15) is 4.79 Å². The van der Waals surface area contributed by atoms with Crippen molar-refractivity contribution in [3.8, 4) is 0 Å². The predicted molar refractivity (Wildman–Crippen MR) is 86.6 cm³/mol. The summed E-state index contributed by atoms with van der Waals surface area (Å²) < 4.78 is 1.05. The molecule has 1 amide bonds. The van der Waals surface area contributed by atoms with Crippen LogP contribution in [-0.2, 0) is 11.2 Å². The average Bonchev–Trinajstić information content (AvgIpc) is 2.29. The van der Waals surface area contributed by atoms with E-state index in [1.807, 2.05) is 24.3 Å². The molecule has 0 aromatic heterocycles. The van der Waals surface area contributed by atoms with Crippen LogP contribution in [0.1, 0.15) is 45.6 Å². The fourth-order valence-electron chi connectivity index (χ4n) is 3.52. The van der Waals surface area contributed by atoms with Crippen LogP contribution in [0.25, 0.3) is 0 Å². The first-order chi connectivity index (χ1) is 9.34. The van der Waals surface area contributed by atoms with Gasteiger partial charge in [0.15, 0.2) is 0 Å². The first-order valence-electron chi connectivity index (χ1n) is 7.38. The number of carbonyl (C=O) groups excluding carboxylic acids is 1. The van der Waals surface area contributed by atoms with E-state index < -0.39 is 0 Å². The number of benzene rings is 1. The fourth-order valence-corrected chi connectivity index (χ4v) is 3.79. The van der Waals surface area contributed by atoms with Crippen molar-refractivity contribution < 1.29 is 4.79 Å². The molecule has 2 atom stereocenters. The van der Waals surface area contributed by atoms with Crippen molar-refractivity contribution in [1.29, 1.82) is 0 Å². The fraction of sp³-hybridized carbons (Fsp3) is 0.588. The highest BCUT2D eigenvalue weighted by Crippen LogP contribution is 2.38. The maximum atomic E-state index is 12.2. The van der Waals surface area contributed by atoms with Crippen molar-refractivity contribution in [3.05, 3.63) is 34.3 Å². The zero-order valence-corrected chi connectivity index (χ0v) is 14.2. The molecule has 1 N–H and O–H groups in total. The number of hydrogen-bond donors (Lipinski definition) is 1. The molecule has 0 aliphatic heterocycles. The van der Waals surface area contributed by atoms with E-state index in [2.05, 4.69) is 42.0 Å². The first-order valence-corrected chi connectivity index (χ1v) is 8.17. The lowest BCUT2D eigenvalue weighted by molar-refractivity contribution is -0.121. The topological polar surface area (TPSA) is 29.1 Å². The predicted octanol–water partition coefficient (Wildman–Crippen LogP) is 4.32. The van der Waals surface area contributed by atoms with Crippen LogP contribution in [0.2, 0.25) is 0 Å². The molecule has 0 bridgehead atoms. The van der Waals surface area contributed by atoms with E-state index >= 15 is 0 Å². The van der Waals surface area contributed by atoms with Crippen LogP contribution < -0.4 is 5.32 Å². The van der Waals surface area contributed by atoms with E-state index in [4.69, 9.17) is 0 Å². The molecule has 0 radical (unpaired) electrons. The highest BCUT2D eigenvalue weighted by atomic mass is 79.9. The van der Waals surface area contributed by atoms with E-state index in [0.717, 1.165) is 22.9 Å². The van der Waals surface area contributed by atoms with Gasteiger partial charge < -0.3 is 5.32 Å². The monoisotopic (exact) mass is 337 g/mol. The molecule has 20 heavy (non-hydrogen) atoms. The van der Waals surface area contributed by atoms with Gasteiger partial charge in [0.2, 0.25) is 5.91 Å². The second kappa shape index (κ2) is 6.30. The lowest BCUT2D eigenvalue weighted by Crippen LogP contribution is -2.43. The van der Waals surface area contributed by atoms with Crippen LogP contribution in [-0.4, -0.2) is 11.9 Å². The van der Waals surface area contributed by atoms with E-state index in [-0.39, 0.29) is 5.91 Å². The van der Waals surface area contributed by atoms with Gasteiger partial charge in [-0.25, -0.2) is 0 Å². The van der Waals surface area contributed by atoms with Gasteiger partial charge in [0.05, 0.1) is 6.42 Å². The molecule has 2 nitrogen and oxygen atoms in total. The van der Waals surface area contributed by atoms with Crippen LogP contribution in [0.5, 0.6) is 0 Å². The number of amides is 1. The Labute approximate surface area is 130 Å². The molecule has 0 heterocycles. The maximum absolute atomic E-state index is 12.2. The lowest BCUT2D eigenvalue weighted by Gasteiger charge is -2.39. The summed E-state index contributed by atoms with van der Waals surface area (Å²) >= 11 is 3.41. The molecule has 3 heteroatoms. The Balaban J connectivity index is 1.89. The van der Waals surface area contributed by atoms with Crippen LogP contribution in [0, 0.1) is 11.3 Å². The second-order valence-electron chi connectivity index (χ2n) is 6.98. The lowest BCUT2D eigenvalue weighted by atomic mass is 9.70. The van der Waals surface area contributed by atoms with Gasteiger partial charge in [0.25, 0.3) is 0 Å². The average molecular weight is 338 g/mol. The van der Waals surface area contributed by atoms with Gasteiger partial charge in [-0.15, -0.1) is 0 Å². The Hall–Kier alpha value is -0.830. The normalized spacial score (nSPS) is 25.2. The summed E-state index contributed by atoms with van der Waals surface area (Å²) in [5.74, 6) is 0.832. The van der Waals surface area contributed by atoms with E-state index in [1.165, 1.54) is 6.42 Å². The quantitative estimate of drug-likeness (QED) is 0.874. The molecule has 1 fully saturated rings. The minimum absolute atomic E-state index is 0.141. The first kappa shape index (κ1) is 15.6. The third kappa shape index (κ3) is 4.62. The Morgan fingerprint density at radius 1 is 1.30 bits per heavy atom. The second-order valence-corrected chi connectivity index (χ2v) is 7.90. The van der Waals surface area contributed by atoms with Gasteiger partial charge in [-0.05, 0) is 48.3 Å². The van der Waals surface area contributed by atoms with Crippen molar-refractivity contribution in [3.63, 3.8) is 0 Å². The molecule has 1 aromatic rings. The number of hydrogen-bond acceptors (Lipinski definition) is 1. The summed E-state index contributed by atoms with van der Waals surface area (Å²) in [5.41, 5.74) is 1.40. The van der Waals surface area contributed by atoms with Crippen molar-refractivity contribution in [2.75, 3.05) is 0 Å². The largest absolute Gasteiger partial charge is 0.353 e. The molecule has 1 saturated carbocycles. The Morgan fingerprint density at radius 3 is 2.55 bits per heavy atom. The van der Waals surface area contributed by atoms with Crippen molar-refractivity contribution in [2.24, 2.45) is 11.3 Å². The maximum Gasteiger partial charge on any atom is 0.224 e. The smallest absolute Gasteiger partial charge is 0.224 e. The number of rotatable bonds is 3. The standard InChI is InChI=1S/C17H24BrNO/c1-12-8-15(11-17(2,3)10-12)19-16(20)9-13-4-6-14(18)7-5-13/h4-7,12,15H,8-11H2,1-3H3,(H,19,20)/t12-,15+/m0/s1. The number of halogens is 1. The molecule has 0 saturated heterocycles. The van der Waals surface area contributed by atoms with E-state index in [1.54, 1.807) is 0 Å². The molecule has 110 valence electrons. The Morgan fingerprint density at radius 2 is 1.95 bits per heavy atom. The molecule has 1 aromatic carbocycles. The van der Waals surface area contributed by atoms with Crippen LogP contribution >= 0.6 is 15.9 Å². The summed E-state index contributed by atoms with van der Waals surface area (Å²) in [6, 6.07) is 8.29. The minimum atomic E-state index is 0.141. The van der Waals surface area contributed by atoms with Gasteiger partial charge in [-0.3, -0.25) is 4.79 Å². The summed E-state index contributed by atoms with van der Waals surface area (Å²) in [7, 11) is 0. The molecule has 0 spiro atoms. The van der Waals surface area contributed by atoms with E-state index in [0.29, 0.717) is 23.8 Å². The summed E-state index contributed by atoms with van der Waals surface area (Å²) in [4.78, 5) is 12.2. The highest BCUT2D eigenvalue weighted by Gasteiger charge is 2.32. The SMILES string of the molecule is C[C@H]1C[C@@H](NC(=O)Cc2ccc(Br)cc2)CC(C)(C)C1. The summed E-state index contributed by atoms with van der Waals surface area (Å²) in [6.45, 7) is 6.89. The van der Waals surface area contributed by atoms with Gasteiger partial charge >= 0.3 is 0 Å². The van der Waals surface area contributed by atoms with Crippen LogP contribution in [0.3, 0.4) is 0 Å². The van der Waals surface area contributed by atoms with Gasteiger partial charge in [0, 0.05) is 10.5 Å². The molecule has 1 aliphatic rings. The minimum Gasteiger partial charge on any atom is -0.353 e. The zero-order valence-electron chi connectivity index (χ0n) is 12.6. The van der Waals surface area contributed by atoms with Crippen molar-refractivity contribution in [2.45, 2.75) is 52.5 Å². The van der Waals surface area contributed by atoms with Crippen LogP contribution in [0.4, 0.5) is 0 Å². The molecular formula is C17H24BrNO. The molecule has 2 rings (SSSR count). The van der Waals surface area contributed by atoms with Gasteiger partial charge in [-0.1, -0.05) is 48.8 Å². The van der Waals surface area contributed by atoms with Crippen molar-refractivity contribution in [1.82, 2.24) is 5.32 Å². The Bertz CT molecular complexity index is 466. The van der Waals surface area contributed by atoms with Crippen molar-refractivity contribution >= 4 is 21.8 Å². The molecule has 0 unspecified atom stereocenters. The Kier molecular flexibility index (Phi) is 4.90.